The van der Waals surface area contributed by atoms with Gasteiger partial charge in [0.25, 0.3) is 5.91 Å². The van der Waals surface area contributed by atoms with E-state index < -0.39 is 5.60 Å². The second-order valence-electron chi connectivity index (χ2n) is 12.5. The zero-order valence-electron chi connectivity index (χ0n) is 22.9. The maximum atomic E-state index is 13.4. The van der Waals surface area contributed by atoms with E-state index in [2.05, 4.69) is 35.1 Å². The normalized spacial score (nSPS) is 18.1. The van der Waals surface area contributed by atoms with Gasteiger partial charge in [-0.1, -0.05) is 19.9 Å². The van der Waals surface area contributed by atoms with Crippen molar-refractivity contribution in [3.8, 4) is 11.4 Å². The van der Waals surface area contributed by atoms with Crippen molar-refractivity contribution < 1.29 is 14.3 Å². The Bertz CT molecular complexity index is 1320. The second-order valence-corrected chi connectivity index (χ2v) is 12.5. The zero-order valence-corrected chi connectivity index (χ0v) is 22.9. The Hall–Kier alpha value is -3.29. The average Bonchev–Trinajstić information content (AvgIpc) is 3.44. The highest BCUT2D eigenvalue weighted by atomic mass is 16.6. The number of rotatable bonds is 3. The van der Waals surface area contributed by atoms with Crippen molar-refractivity contribution >= 4 is 22.9 Å². The number of nitrogens with one attached hydrogen (secondary N) is 2. The molecule has 0 atom stereocenters. The van der Waals surface area contributed by atoms with Gasteiger partial charge in [-0.3, -0.25) is 9.89 Å². The van der Waals surface area contributed by atoms with E-state index in [1.165, 1.54) is 11.3 Å². The van der Waals surface area contributed by atoms with Gasteiger partial charge in [0.05, 0.1) is 5.69 Å². The topological polar surface area (TPSA) is 94.3 Å². The number of H-pyrrole nitrogens is 2. The molecule has 37 heavy (non-hydrogen) atoms. The van der Waals surface area contributed by atoms with Gasteiger partial charge in [0, 0.05) is 53.9 Å². The highest BCUT2D eigenvalue weighted by Gasteiger charge is 2.31. The number of carbonyl (C=O) groups is 2. The summed E-state index contributed by atoms with van der Waals surface area (Å²) in [6.45, 7) is 11.4. The minimum absolute atomic E-state index is 0.00634. The summed E-state index contributed by atoms with van der Waals surface area (Å²) < 4.78 is 5.50. The molecule has 0 unspecified atom stereocenters. The molecule has 1 aromatic carbocycles. The first-order valence-electron chi connectivity index (χ1n) is 13.3. The van der Waals surface area contributed by atoms with Gasteiger partial charge >= 0.3 is 6.09 Å². The molecule has 0 saturated carbocycles. The van der Waals surface area contributed by atoms with Crippen LogP contribution in [-0.2, 0) is 17.6 Å². The molecule has 1 aliphatic carbocycles. The summed E-state index contributed by atoms with van der Waals surface area (Å²) in [6, 6.07) is 8.05. The quantitative estimate of drug-likeness (QED) is 0.488. The lowest BCUT2D eigenvalue weighted by molar-refractivity contribution is 0.0160. The number of ether oxygens (including phenoxy) is 1. The Morgan fingerprint density at radius 2 is 1.89 bits per heavy atom. The molecule has 5 rings (SSSR count). The van der Waals surface area contributed by atoms with Crippen LogP contribution in [-0.4, -0.2) is 68.8 Å². The van der Waals surface area contributed by atoms with Crippen LogP contribution in [0.1, 0.15) is 75.5 Å². The van der Waals surface area contributed by atoms with Gasteiger partial charge < -0.3 is 19.5 Å². The van der Waals surface area contributed by atoms with Crippen LogP contribution < -0.4 is 0 Å². The van der Waals surface area contributed by atoms with Gasteiger partial charge in [0.1, 0.15) is 11.3 Å². The fourth-order valence-electron chi connectivity index (χ4n) is 5.59. The van der Waals surface area contributed by atoms with Crippen LogP contribution in [0, 0.1) is 5.41 Å². The average molecular weight is 506 g/mol. The van der Waals surface area contributed by atoms with E-state index in [4.69, 9.17) is 4.74 Å². The summed E-state index contributed by atoms with van der Waals surface area (Å²) in [5.41, 5.74) is 5.89. The van der Waals surface area contributed by atoms with E-state index in [9.17, 15) is 9.59 Å². The number of aromatic amines is 2. The van der Waals surface area contributed by atoms with Crippen LogP contribution in [0.25, 0.3) is 22.3 Å². The zero-order chi connectivity index (χ0) is 26.5. The number of hydrogen-bond donors (Lipinski definition) is 2. The standard InChI is InChI=1S/C29H39N5O3/c1-28(2,3)37-27(36)34-13-10-20(11-14-34)33(6)26(35)19-8-7-18-15-23(30-22(18)16-19)25-21-9-12-29(4,5)17-24(21)31-32-25/h7-8,15-16,20,30H,9-14,17H2,1-6H3,(H,31,32). The number of nitrogens with zero attached hydrogens (tertiary/aromatic N) is 3. The van der Waals surface area contributed by atoms with Gasteiger partial charge in [-0.2, -0.15) is 5.10 Å². The van der Waals surface area contributed by atoms with Crippen molar-refractivity contribution in [3.63, 3.8) is 0 Å². The van der Waals surface area contributed by atoms with Gasteiger partial charge in [0.2, 0.25) is 0 Å². The van der Waals surface area contributed by atoms with Crippen LogP contribution in [0.3, 0.4) is 0 Å². The molecule has 3 heterocycles. The van der Waals surface area contributed by atoms with Crippen molar-refractivity contribution in [3.05, 3.63) is 41.1 Å². The maximum absolute atomic E-state index is 13.4. The maximum Gasteiger partial charge on any atom is 0.410 e. The number of benzene rings is 1. The molecule has 1 fully saturated rings. The molecule has 0 radical (unpaired) electrons. The highest BCUT2D eigenvalue weighted by molar-refractivity contribution is 5.99. The van der Waals surface area contributed by atoms with Gasteiger partial charge in [-0.25, -0.2) is 4.79 Å². The predicted octanol–water partition coefficient (Wildman–Crippen LogP) is 5.54. The Labute approximate surface area is 218 Å². The molecule has 198 valence electrons. The largest absolute Gasteiger partial charge is 0.444 e. The molecule has 2 N–H and O–H groups in total. The first kappa shape index (κ1) is 25.4. The van der Waals surface area contributed by atoms with Gasteiger partial charge in [-0.05, 0) is 76.5 Å². The summed E-state index contributed by atoms with van der Waals surface area (Å²) in [7, 11) is 1.86. The lowest BCUT2D eigenvalue weighted by Gasteiger charge is -2.37. The Kier molecular flexibility index (Phi) is 6.32. The molecule has 0 bridgehead atoms. The van der Waals surface area contributed by atoms with Crippen molar-refractivity contribution in [2.45, 2.75) is 78.4 Å². The molecule has 2 aromatic heterocycles. The molecule has 0 spiro atoms. The third-order valence-corrected chi connectivity index (χ3v) is 7.77. The Balaban J connectivity index is 1.27. The fraction of sp³-hybridized carbons (Fsp3) is 0.552. The minimum Gasteiger partial charge on any atom is -0.444 e. The number of fused-ring (bicyclic) bond motifs is 2. The second kappa shape index (κ2) is 9.23. The Morgan fingerprint density at radius 3 is 2.59 bits per heavy atom. The van der Waals surface area contributed by atoms with E-state index in [1.807, 2.05) is 50.9 Å². The minimum atomic E-state index is -0.509. The summed E-state index contributed by atoms with van der Waals surface area (Å²) in [5.74, 6) is -0.00634. The predicted molar refractivity (Wildman–Crippen MR) is 145 cm³/mol. The summed E-state index contributed by atoms with van der Waals surface area (Å²) in [5, 5.41) is 8.97. The molecular formula is C29H39N5O3. The van der Waals surface area contributed by atoms with Crippen LogP contribution in [0.5, 0.6) is 0 Å². The lowest BCUT2D eigenvalue weighted by atomic mass is 9.76. The molecule has 8 nitrogen and oxygen atoms in total. The van der Waals surface area contributed by atoms with Crippen LogP contribution in [0.15, 0.2) is 24.3 Å². The highest BCUT2D eigenvalue weighted by Crippen LogP contribution is 2.38. The third kappa shape index (κ3) is 5.24. The lowest BCUT2D eigenvalue weighted by Crippen LogP contribution is -2.48. The van der Waals surface area contributed by atoms with Gasteiger partial charge in [0.15, 0.2) is 0 Å². The number of aromatic nitrogens is 3. The fourth-order valence-corrected chi connectivity index (χ4v) is 5.59. The van der Waals surface area contributed by atoms with E-state index >= 15 is 0 Å². The summed E-state index contributed by atoms with van der Waals surface area (Å²) in [4.78, 5) is 32.8. The number of amides is 2. The molecule has 1 saturated heterocycles. The number of carbonyl (C=O) groups excluding carboxylic acids is 2. The molecule has 3 aromatic rings. The van der Waals surface area contributed by atoms with Crippen molar-refractivity contribution in [1.82, 2.24) is 25.0 Å². The smallest absolute Gasteiger partial charge is 0.410 e. The first-order chi connectivity index (χ1) is 17.4. The van der Waals surface area contributed by atoms with E-state index in [-0.39, 0.29) is 18.0 Å². The summed E-state index contributed by atoms with van der Waals surface area (Å²) >= 11 is 0. The molecule has 2 amide bonds. The number of piperidine rings is 1. The molecule has 1 aliphatic heterocycles. The van der Waals surface area contributed by atoms with Crippen LogP contribution in [0.4, 0.5) is 4.79 Å². The molecular weight excluding hydrogens is 466 g/mol. The van der Waals surface area contributed by atoms with Crippen molar-refractivity contribution in [2.24, 2.45) is 5.41 Å². The van der Waals surface area contributed by atoms with Gasteiger partial charge in [-0.15, -0.1) is 0 Å². The molecule has 2 aliphatic rings. The van der Waals surface area contributed by atoms with Crippen LogP contribution >= 0.6 is 0 Å². The van der Waals surface area contributed by atoms with E-state index in [0.717, 1.165) is 54.4 Å². The van der Waals surface area contributed by atoms with E-state index in [1.54, 1.807) is 4.90 Å². The SMILES string of the molecule is CN(C(=O)c1ccc2cc(-c3n[nH]c4c3CCC(C)(C)C4)[nH]c2c1)C1CCN(C(=O)OC(C)(C)C)CC1. The third-order valence-electron chi connectivity index (χ3n) is 7.77. The summed E-state index contributed by atoms with van der Waals surface area (Å²) in [6.07, 6.45) is 4.36. The van der Waals surface area contributed by atoms with E-state index in [0.29, 0.717) is 24.1 Å². The first-order valence-corrected chi connectivity index (χ1v) is 13.3. The molecule has 8 heteroatoms. The number of likely N-dealkylation sites (tertiary alicyclic amines) is 1. The van der Waals surface area contributed by atoms with Crippen molar-refractivity contribution in [1.29, 1.82) is 0 Å². The Morgan fingerprint density at radius 1 is 1.16 bits per heavy atom. The van der Waals surface area contributed by atoms with Crippen molar-refractivity contribution in [2.75, 3.05) is 20.1 Å². The van der Waals surface area contributed by atoms with Crippen LogP contribution in [0.2, 0.25) is 0 Å². The monoisotopic (exact) mass is 505 g/mol. The number of hydrogen-bond acceptors (Lipinski definition) is 4.